The van der Waals surface area contributed by atoms with Crippen molar-refractivity contribution in [3.8, 4) is 5.75 Å². The third kappa shape index (κ3) is 8.69. The molecule has 0 radical (unpaired) electrons. The molecule has 9 heteroatoms. The van der Waals surface area contributed by atoms with E-state index in [2.05, 4.69) is 11.4 Å². The predicted molar refractivity (Wildman–Crippen MR) is 102 cm³/mol. The molecule has 0 aliphatic carbocycles. The first kappa shape index (κ1) is 24.6. The predicted octanol–water partition coefficient (Wildman–Crippen LogP) is 4.98. The van der Waals surface area contributed by atoms with Crippen molar-refractivity contribution in [3.05, 3.63) is 35.4 Å². The number of hydrogen-bond acceptors (Lipinski definition) is 5. The maximum atomic E-state index is 13.4. The number of aliphatic hydroxyl groups excluding tert-OH is 1. The van der Waals surface area contributed by atoms with Crippen LogP contribution in [0.15, 0.2) is 24.3 Å². The number of ether oxygens (including phenoxy) is 1. The Bertz CT molecular complexity index is 640. The fourth-order valence-electron chi connectivity index (χ4n) is 2.44. The quantitative estimate of drug-likeness (QED) is 0.347. The molecule has 3 N–H and O–H groups in total. The molecule has 28 heavy (non-hydrogen) atoms. The Kier molecular flexibility index (Phi) is 10.7. The first-order chi connectivity index (χ1) is 13.3. The van der Waals surface area contributed by atoms with Crippen molar-refractivity contribution in [1.29, 1.82) is 0 Å². The minimum atomic E-state index is -4.57. The Morgan fingerprint density at radius 1 is 1.21 bits per heavy atom. The summed E-state index contributed by atoms with van der Waals surface area (Å²) in [5, 5.41) is 9.33. The third-order valence-corrected chi connectivity index (χ3v) is 4.34. The lowest BCUT2D eigenvalue weighted by Gasteiger charge is -2.21. The van der Waals surface area contributed by atoms with Crippen LogP contribution in [0.3, 0.4) is 0 Å². The molecule has 0 amide bonds. The van der Waals surface area contributed by atoms with E-state index in [1.807, 2.05) is 0 Å². The number of hydrogen-bond donors (Lipinski definition) is 2. The minimum absolute atomic E-state index is 0.213. The van der Waals surface area contributed by atoms with Crippen LogP contribution in [0.1, 0.15) is 50.2 Å². The van der Waals surface area contributed by atoms with E-state index < -0.39 is 32.6 Å². The van der Waals surface area contributed by atoms with Gasteiger partial charge in [0.2, 0.25) is 0 Å². The van der Waals surface area contributed by atoms with Gasteiger partial charge in [0.25, 0.3) is 0 Å². The molecule has 0 fully saturated rings. The Morgan fingerprint density at radius 2 is 1.93 bits per heavy atom. The second-order valence-corrected chi connectivity index (χ2v) is 7.00. The Labute approximate surface area is 165 Å². The monoisotopic (exact) mass is 421 g/mol. The fourth-order valence-corrected chi connectivity index (χ4v) is 2.73. The van der Waals surface area contributed by atoms with Gasteiger partial charge >= 0.3 is 14.9 Å². The van der Waals surface area contributed by atoms with Gasteiger partial charge in [0, 0.05) is 0 Å². The van der Waals surface area contributed by atoms with Gasteiger partial charge in [0.05, 0.1) is 30.9 Å². The number of benzene rings is 1. The molecule has 0 aliphatic rings. The second-order valence-electron chi connectivity index (χ2n) is 6.59. The lowest BCUT2D eigenvalue weighted by atomic mass is 10.0. The number of halogens is 3. The van der Waals surface area contributed by atoms with Crippen LogP contribution in [0.4, 0.5) is 13.2 Å². The molecule has 158 valence electrons. The van der Waals surface area contributed by atoms with Crippen molar-refractivity contribution in [1.82, 2.24) is 0 Å². The Balaban J connectivity index is 2.88. The van der Waals surface area contributed by atoms with Crippen LogP contribution < -0.4 is 10.5 Å². The normalized spacial score (nSPS) is 14.5. The molecule has 0 spiro atoms. The van der Waals surface area contributed by atoms with Gasteiger partial charge in [-0.25, -0.2) is 4.57 Å². The number of aliphatic hydroxyl groups is 1. The first-order valence-electron chi connectivity index (χ1n) is 9.13. The van der Waals surface area contributed by atoms with Gasteiger partial charge in [-0.05, 0) is 24.1 Å². The molecule has 1 unspecified atom stereocenters. The maximum Gasteiger partial charge on any atom is 0.419 e. The second kappa shape index (κ2) is 12.2. The van der Waals surface area contributed by atoms with Crippen LogP contribution in [0.2, 0.25) is 0 Å². The van der Waals surface area contributed by atoms with E-state index in [-0.39, 0.29) is 24.5 Å². The van der Waals surface area contributed by atoms with E-state index in [9.17, 15) is 22.8 Å². The van der Waals surface area contributed by atoms with Crippen molar-refractivity contribution < 1.29 is 32.1 Å². The van der Waals surface area contributed by atoms with E-state index in [4.69, 9.17) is 10.5 Å². The van der Waals surface area contributed by atoms with Crippen molar-refractivity contribution in [2.24, 2.45) is 5.73 Å². The summed E-state index contributed by atoms with van der Waals surface area (Å²) in [6.45, 7) is 1.54. The van der Waals surface area contributed by atoms with Crippen LogP contribution in [-0.2, 0) is 15.3 Å². The molecule has 0 saturated carbocycles. The molecule has 1 atom stereocenters. The maximum absolute atomic E-state index is 13.4. The molecule has 1 rings (SSSR count). The molecular weight excluding hydrogens is 394 g/mol. The lowest BCUT2D eigenvalue weighted by Crippen LogP contribution is -2.45. The fraction of sp³-hybridized carbons (Fsp3) is 0.579. The highest BCUT2D eigenvalue weighted by Gasteiger charge is 2.34. The molecule has 0 heterocycles. The highest BCUT2D eigenvalue weighted by Crippen LogP contribution is 2.37. The van der Waals surface area contributed by atoms with Crippen LogP contribution in [-0.4, -0.2) is 30.5 Å². The summed E-state index contributed by atoms with van der Waals surface area (Å²) in [5.74, 6) is -0.213. The van der Waals surface area contributed by atoms with E-state index in [0.717, 1.165) is 31.7 Å². The smallest absolute Gasteiger partial charge is 0.419 e. The number of rotatable bonds is 13. The summed E-state index contributed by atoms with van der Waals surface area (Å²) < 4.78 is 60.5. The number of alkyl halides is 3. The molecular formula is C19H27F3NO4P. The Morgan fingerprint density at radius 3 is 2.54 bits per heavy atom. The van der Waals surface area contributed by atoms with E-state index >= 15 is 0 Å². The van der Waals surface area contributed by atoms with Gasteiger partial charge in [0.1, 0.15) is 5.75 Å². The van der Waals surface area contributed by atoms with Gasteiger partial charge in [-0.1, -0.05) is 50.8 Å². The molecule has 0 aromatic heterocycles. The van der Waals surface area contributed by atoms with Crippen LogP contribution >= 0.6 is 8.69 Å². The van der Waals surface area contributed by atoms with Crippen molar-refractivity contribution in [3.63, 3.8) is 0 Å². The number of nitrogens with two attached hydrogens (primary N) is 1. The zero-order valence-electron chi connectivity index (χ0n) is 15.9. The van der Waals surface area contributed by atoms with E-state index in [0.29, 0.717) is 6.42 Å². The number of unbranched alkanes of at least 4 members (excludes halogenated alkanes) is 4. The molecule has 5 nitrogen and oxygen atoms in total. The van der Waals surface area contributed by atoms with E-state index in [1.165, 1.54) is 24.3 Å². The third-order valence-electron chi connectivity index (χ3n) is 4.10. The average molecular weight is 421 g/mol. The molecule has 1 aromatic carbocycles. The Hall–Kier alpha value is -1.47. The summed E-state index contributed by atoms with van der Waals surface area (Å²) >= 11 is 0. The highest BCUT2D eigenvalue weighted by atomic mass is 31.1. The lowest BCUT2D eigenvalue weighted by molar-refractivity contribution is -0.139. The molecule has 0 saturated heterocycles. The highest BCUT2D eigenvalue weighted by molar-refractivity contribution is 7.17. The molecule has 0 bridgehead atoms. The van der Waals surface area contributed by atoms with Gasteiger partial charge in [-0.3, -0.25) is 4.52 Å². The zero-order valence-corrected chi connectivity index (χ0v) is 16.8. The van der Waals surface area contributed by atoms with Crippen molar-refractivity contribution in [2.45, 2.75) is 50.7 Å². The summed E-state index contributed by atoms with van der Waals surface area (Å²) in [7, 11) is -0.600. The summed E-state index contributed by atoms with van der Waals surface area (Å²) in [6, 6.07) is 3.72. The summed E-state index contributed by atoms with van der Waals surface area (Å²) in [6.07, 6.45) is 2.96. The van der Waals surface area contributed by atoms with Gasteiger partial charge in [-0.2, -0.15) is 13.2 Å². The summed E-state index contributed by atoms with van der Waals surface area (Å²) in [4.78, 5) is 0. The molecule has 0 aliphatic heterocycles. The standard InChI is InChI=1S/C19H27F3NO4P/c1-2-3-4-5-6-11-26-17-8-7-15(12-16(17)19(20,21)22)9-10-18(23,13-24)14-27-28-25/h7-10,12,24H,2-6,11,13-14,23H2,1H3/b10-9+. The molecule has 1 aromatic rings. The van der Waals surface area contributed by atoms with Crippen LogP contribution in [0, 0.1) is 0 Å². The van der Waals surface area contributed by atoms with E-state index in [1.54, 1.807) is 0 Å². The van der Waals surface area contributed by atoms with Crippen LogP contribution in [0.25, 0.3) is 6.08 Å². The SMILES string of the molecule is CCCCCCCOc1ccc(/C=C/C(N)(CO)COP=O)cc1C(F)(F)F. The van der Waals surface area contributed by atoms with Gasteiger partial charge in [0.15, 0.2) is 0 Å². The first-order valence-corrected chi connectivity index (χ1v) is 9.86. The summed E-state index contributed by atoms with van der Waals surface area (Å²) in [5.41, 5.74) is 3.86. The zero-order chi connectivity index (χ0) is 21.0. The van der Waals surface area contributed by atoms with Gasteiger partial charge in [-0.15, -0.1) is 0 Å². The van der Waals surface area contributed by atoms with Crippen molar-refractivity contribution in [2.75, 3.05) is 19.8 Å². The topological polar surface area (TPSA) is 81.8 Å². The average Bonchev–Trinajstić information content (AvgIpc) is 2.67. The van der Waals surface area contributed by atoms with Gasteiger partial charge < -0.3 is 15.6 Å². The largest absolute Gasteiger partial charge is 0.493 e. The van der Waals surface area contributed by atoms with Crippen molar-refractivity contribution >= 4 is 14.8 Å². The minimum Gasteiger partial charge on any atom is -0.493 e. The van der Waals surface area contributed by atoms with Crippen LogP contribution in [0.5, 0.6) is 5.75 Å².